The van der Waals surface area contributed by atoms with Crippen LogP contribution in [0.4, 0.5) is 0 Å². The zero-order valence-electron chi connectivity index (χ0n) is 14.1. The van der Waals surface area contributed by atoms with E-state index in [1.807, 2.05) is 41.2 Å². The molecule has 0 bridgehead atoms. The summed E-state index contributed by atoms with van der Waals surface area (Å²) in [6.07, 6.45) is 6.35. The van der Waals surface area contributed by atoms with Crippen LogP contribution in [0.3, 0.4) is 0 Å². The lowest BCUT2D eigenvalue weighted by molar-refractivity contribution is 0.193. The van der Waals surface area contributed by atoms with Gasteiger partial charge in [-0.3, -0.25) is 9.97 Å². The number of hydrogen-bond donors (Lipinski definition) is 0. The van der Waals surface area contributed by atoms with Gasteiger partial charge in [-0.25, -0.2) is 9.67 Å². The van der Waals surface area contributed by atoms with Crippen LogP contribution in [0.25, 0.3) is 28.0 Å². The molecule has 6 heteroatoms. The molecule has 4 heterocycles. The van der Waals surface area contributed by atoms with E-state index >= 15 is 0 Å². The highest BCUT2D eigenvalue weighted by molar-refractivity contribution is 5.82. The lowest BCUT2D eigenvalue weighted by atomic mass is 10.1. The number of aromatic nitrogens is 5. The van der Waals surface area contributed by atoms with Crippen molar-refractivity contribution in [2.45, 2.75) is 12.3 Å². The van der Waals surface area contributed by atoms with Crippen molar-refractivity contribution in [3.05, 3.63) is 66.9 Å². The van der Waals surface area contributed by atoms with E-state index in [2.05, 4.69) is 22.1 Å². The second kappa shape index (κ2) is 6.31. The summed E-state index contributed by atoms with van der Waals surface area (Å²) in [5.74, 6) is 1.83. The van der Waals surface area contributed by atoms with E-state index in [9.17, 15) is 0 Å². The quantitative estimate of drug-likeness (QED) is 0.570. The molecule has 4 aromatic rings. The number of nitrogens with zero attached hydrogens (tertiary/aromatic N) is 5. The fourth-order valence-corrected chi connectivity index (χ4v) is 3.28. The van der Waals surface area contributed by atoms with Crippen LogP contribution in [0.5, 0.6) is 0 Å². The summed E-state index contributed by atoms with van der Waals surface area (Å²) in [5, 5.41) is 5.86. The molecule has 1 saturated heterocycles. The second-order valence-corrected chi connectivity index (χ2v) is 6.39. The van der Waals surface area contributed by atoms with E-state index in [-0.39, 0.29) is 5.92 Å². The molecule has 26 heavy (non-hydrogen) atoms. The first-order valence-electron chi connectivity index (χ1n) is 8.69. The van der Waals surface area contributed by atoms with Gasteiger partial charge in [0.05, 0.1) is 24.0 Å². The van der Waals surface area contributed by atoms with Gasteiger partial charge in [0.15, 0.2) is 11.6 Å². The molecule has 1 aliphatic rings. The summed E-state index contributed by atoms with van der Waals surface area (Å²) >= 11 is 0. The fourth-order valence-electron chi connectivity index (χ4n) is 3.28. The molecule has 1 atom stereocenters. The van der Waals surface area contributed by atoms with Crippen molar-refractivity contribution in [1.29, 1.82) is 0 Å². The molecule has 0 radical (unpaired) electrons. The van der Waals surface area contributed by atoms with Crippen LogP contribution in [-0.4, -0.2) is 37.9 Å². The number of pyridine rings is 2. The maximum absolute atomic E-state index is 5.52. The molecule has 0 saturated carbocycles. The van der Waals surface area contributed by atoms with Crippen LogP contribution in [0.1, 0.15) is 18.2 Å². The standard InChI is InChI=1S/C20H17N5O/c1-2-6-18-14(4-1)10-16(11-22-18)20-23-19(15-7-9-26-13-15)24-25(20)17-5-3-8-21-12-17/h1-6,8,10-12,15H,7,9,13H2/t15-/m1/s1. The van der Waals surface area contributed by atoms with Gasteiger partial charge in [0.25, 0.3) is 0 Å². The molecule has 1 aromatic carbocycles. The number of hydrogen-bond acceptors (Lipinski definition) is 5. The highest BCUT2D eigenvalue weighted by Gasteiger charge is 2.24. The molecule has 6 nitrogen and oxygen atoms in total. The van der Waals surface area contributed by atoms with Crippen molar-refractivity contribution in [2.24, 2.45) is 0 Å². The molecular formula is C20H17N5O. The van der Waals surface area contributed by atoms with Gasteiger partial charge in [-0.2, -0.15) is 5.10 Å². The minimum atomic E-state index is 0.236. The second-order valence-electron chi connectivity index (χ2n) is 6.39. The van der Waals surface area contributed by atoms with Crippen LogP contribution in [0.15, 0.2) is 61.1 Å². The van der Waals surface area contributed by atoms with Gasteiger partial charge in [-0.1, -0.05) is 18.2 Å². The third-order valence-corrected chi connectivity index (χ3v) is 4.66. The summed E-state index contributed by atoms with van der Waals surface area (Å²) in [7, 11) is 0. The first kappa shape index (κ1) is 15.2. The minimum Gasteiger partial charge on any atom is -0.381 e. The minimum absolute atomic E-state index is 0.236. The average molecular weight is 343 g/mol. The largest absolute Gasteiger partial charge is 0.381 e. The summed E-state index contributed by atoms with van der Waals surface area (Å²) in [4.78, 5) is 13.7. The van der Waals surface area contributed by atoms with Gasteiger partial charge in [0.2, 0.25) is 0 Å². The number of ether oxygens (including phenoxy) is 1. The van der Waals surface area contributed by atoms with E-state index in [1.54, 1.807) is 12.4 Å². The summed E-state index contributed by atoms with van der Waals surface area (Å²) in [5.41, 5.74) is 2.78. The van der Waals surface area contributed by atoms with E-state index in [4.69, 9.17) is 14.8 Å². The zero-order valence-corrected chi connectivity index (χ0v) is 14.1. The Morgan fingerprint density at radius 1 is 1.08 bits per heavy atom. The van der Waals surface area contributed by atoms with Crippen molar-refractivity contribution < 1.29 is 4.74 Å². The van der Waals surface area contributed by atoms with Crippen molar-refractivity contribution in [3.63, 3.8) is 0 Å². The van der Waals surface area contributed by atoms with E-state index in [0.717, 1.165) is 46.8 Å². The summed E-state index contributed by atoms with van der Waals surface area (Å²) in [6, 6.07) is 14.1. The zero-order chi connectivity index (χ0) is 17.3. The molecule has 0 N–H and O–H groups in total. The predicted octanol–water partition coefficient (Wildman–Crippen LogP) is 3.38. The smallest absolute Gasteiger partial charge is 0.165 e. The maximum Gasteiger partial charge on any atom is 0.165 e. The van der Waals surface area contributed by atoms with E-state index in [0.29, 0.717) is 6.61 Å². The Morgan fingerprint density at radius 2 is 2.04 bits per heavy atom. The normalized spacial score (nSPS) is 17.0. The SMILES string of the molecule is c1cncc(-n2nc([C@@H]3CCOC3)nc2-c2cnc3ccccc3c2)c1. The van der Waals surface area contributed by atoms with Crippen molar-refractivity contribution >= 4 is 10.9 Å². The van der Waals surface area contributed by atoms with Crippen LogP contribution in [0, 0.1) is 0 Å². The molecular weight excluding hydrogens is 326 g/mol. The third-order valence-electron chi connectivity index (χ3n) is 4.66. The fraction of sp³-hybridized carbons (Fsp3) is 0.200. The molecule has 1 fully saturated rings. The Bertz CT molecular complexity index is 1050. The van der Waals surface area contributed by atoms with Crippen LogP contribution in [0.2, 0.25) is 0 Å². The highest BCUT2D eigenvalue weighted by atomic mass is 16.5. The third kappa shape index (κ3) is 2.64. The number of fused-ring (bicyclic) bond motifs is 1. The number of benzene rings is 1. The Balaban J connectivity index is 1.67. The van der Waals surface area contributed by atoms with Crippen LogP contribution >= 0.6 is 0 Å². The van der Waals surface area contributed by atoms with Gasteiger partial charge < -0.3 is 4.74 Å². The molecule has 0 spiro atoms. The van der Waals surface area contributed by atoms with Gasteiger partial charge in [0.1, 0.15) is 0 Å². The lowest BCUT2D eigenvalue weighted by Crippen LogP contribution is -2.03. The number of para-hydroxylation sites is 1. The first-order chi connectivity index (χ1) is 12.9. The lowest BCUT2D eigenvalue weighted by Gasteiger charge is -2.06. The highest BCUT2D eigenvalue weighted by Crippen LogP contribution is 2.28. The van der Waals surface area contributed by atoms with Gasteiger partial charge in [-0.15, -0.1) is 0 Å². The first-order valence-corrected chi connectivity index (χ1v) is 8.69. The van der Waals surface area contributed by atoms with Gasteiger partial charge in [0, 0.05) is 35.9 Å². The Labute approximate surface area is 150 Å². The number of rotatable bonds is 3. The van der Waals surface area contributed by atoms with Crippen molar-refractivity contribution in [2.75, 3.05) is 13.2 Å². The Hall–Kier alpha value is -3.12. The molecule has 0 aliphatic carbocycles. The van der Waals surface area contributed by atoms with Gasteiger partial charge >= 0.3 is 0 Å². The molecule has 3 aromatic heterocycles. The molecule has 1 aliphatic heterocycles. The Morgan fingerprint density at radius 3 is 2.88 bits per heavy atom. The topological polar surface area (TPSA) is 65.7 Å². The van der Waals surface area contributed by atoms with E-state index in [1.165, 1.54) is 0 Å². The monoisotopic (exact) mass is 343 g/mol. The van der Waals surface area contributed by atoms with Crippen LogP contribution < -0.4 is 0 Å². The van der Waals surface area contributed by atoms with Crippen molar-refractivity contribution in [1.82, 2.24) is 24.7 Å². The average Bonchev–Trinajstić information content (AvgIpc) is 3.38. The molecule has 5 rings (SSSR count). The predicted molar refractivity (Wildman–Crippen MR) is 98.1 cm³/mol. The van der Waals surface area contributed by atoms with Crippen molar-refractivity contribution in [3.8, 4) is 17.1 Å². The Kier molecular flexibility index (Phi) is 3.68. The molecule has 0 unspecified atom stereocenters. The van der Waals surface area contributed by atoms with Crippen LogP contribution in [-0.2, 0) is 4.74 Å². The summed E-state index contributed by atoms with van der Waals surface area (Å²) < 4.78 is 7.37. The molecule has 128 valence electrons. The van der Waals surface area contributed by atoms with Gasteiger partial charge in [-0.05, 0) is 30.7 Å². The molecule has 0 amide bonds. The van der Waals surface area contributed by atoms with E-state index < -0.39 is 0 Å². The summed E-state index contributed by atoms with van der Waals surface area (Å²) in [6.45, 7) is 1.44. The maximum atomic E-state index is 5.52.